The Morgan fingerprint density at radius 1 is 1.04 bits per heavy atom. The molecule has 0 saturated carbocycles. The Bertz CT molecular complexity index is 548. The van der Waals surface area contributed by atoms with E-state index in [2.05, 4.69) is 0 Å². The van der Waals surface area contributed by atoms with Crippen molar-refractivity contribution in [3.05, 3.63) is 23.3 Å². The lowest BCUT2D eigenvalue weighted by Gasteiger charge is -2.26. The maximum Gasteiger partial charge on any atom is 0.312 e. The number of allylic oxidation sites excluding steroid dienone is 1. The van der Waals surface area contributed by atoms with Crippen LogP contribution in [0.3, 0.4) is 0 Å². The third-order valence-corrected chi connectivity index (χ3v) is 4.92. The molecule has 0 unspecified atom stereocenters. The SMILES string of the molecule is CC[C@H]1OC(=O)[C@H](C)[C@@H](O)C(=O)C/C(C)=C/[C@H](C)[C@H](O)/C(C)=C/[C@H]1C. The molecule has 0 aromatic heterocycles. The van der Waals surface area contributed by atoms with Crippen LogP contribution in [0.2, 0.25) is 0 Å². The van der Waals surface area contributed by atoms with Crippen molar-refractivity contribution in [3.8, 4) is 0 Å². The zero-order valence-corrected chi connectivity index (χ0v) is 16.2. The number of ketones is 1. The second kappa shape index (κ2) is 9.30. The quantitative estimate of drug-likeness (QED) is 0.560. The fourth-order valence-corrected chi connectivity index (χ4v) is 3.24. The van der Waals surface area contributed by atoms with Gasteiger partial charge in [0.2, 0.25) is 0 Å². The predicted molar refractivity (Wildman–Crippen MR) is 96.8 cm³/mol. The largest absolute Gasteiger partial charge is 0.461 e. The van der Waals surface area contributed by atoms with Gasteiger partial charge >= 0.3 is 5.97 Å². The Morgan fingerprint density at radius 2 is 1.64 bits per heavy atom. The Balaban J connectivity index is 3.24. The fourth-order valence-electron chi connectivity index (χ4n) is 3.24. The van der Waals surface area contributed by atoms with E-state index < -0.39 is 29.9 Å². The average molecular weight is 352 g/mol. The molecule has 1 aliphatic rings. The molecule has 0 aromatic carbocycles. The zero-order chi connectivity index (χ0) is 19.3. The summed E-state index contributed by atoms with van der Waals surface area (Å²) in [6.07, 6.45) is 2.02. The number of hydrogen-bond donors (Lipinski definition) is 2. The van der Waals surface area contributed by atoms with Gasteiger partial charge < -0.3 is 14.9 Å². The lowest BCUT2D eigenvalue weighted by atomic mass is 9.90. The highest BCUT2D eigenvalue weighted by molar-refractivity contribution is 5.89. The summed E-state index contributed by atoms with van der Waals surface area (Å²) in [5.41, 5.74) is 1.58. The first-order valence-electron chi connectivity index (χ1n) is 9.03. The molecule has 5 nitrogen and oxygen atoms in total. The van der Waals surface area contributed by atoms with Crippen LogP contribution < -0.4 is 0 Å². The van der Waals surface area contributed by atoms with E-state index in [0.29, 0.717) is 6.42 Å². The molecule has 1 heterocycles. The van der Waals surface area contributed by atoms with Crippen LogP contribution in [0.25, 0.3) is 0 Å². The van der Waals surface area contributed by atoms with E-state index in [-0.39, 0.29) is 24.4 Å². The van der Waals surface area contributed by atoms with Crippen LogP contribution in [0, 0.1) is 17.8 Å². The minimum atomic E-state index is -1.39. The molecule has 142 valence electrons. The monoisotopic (exact) mass is 352 g/mol. The van der Waals surface area contributed by atoms with E-state index in [1.807, 2.05) is 39.8 Å². The van der Waals surface area contributed by atoms with Crippen LogP contribution >= 0.6 is 0 Å². The van der Waals surface area contributed by atoms with Gasteiger partial charge in [-0.05, 0) is 32.8 Å². The summed E-state index contributed by atoms with van der Waals surface area (Å²) in [6.45, 7) is 10.9. The summed E-state index contributed by atoms with van der Waals surface area (Å²) in [5.74, 6) is -2.12. The van der Waals surface area contributed by atoms with E-state index in [4.69, 9.17) is 4.74 Å². The molecule has 0 radical (unpaired) electrons. The zero-order valence-electron chi connectivity index (χ0n) is 16.2. The molecule has 6 atom stereocenters. The molecule has 2 N–H and O–H groups in total. The van der Waals surface area contributed by atoms with Crippen molar-refractivity contribution in [2.45, 2.75) is 72.7 Å². The van der Waals surface area contributed by atoms with E-state index >= 15 is 0 Å². The Kier molecular flexibility index (Phi) is 8.03. The van der Waals surface area contributed by atoms with Crippen molar-refractivity contribution in [1.82, 2.24) is 0 Å². The van der Waals surface area contributed by atoms with Crippen molar-refractivity contribution in [1.29, 1.82) is 0 Å². The molecule has 0 aliphatic carbocycles. The standard InChI is InChI=1S/C20H32O5/c1-7-17-12(3)10-14(5)18(22)13(4)8-11(2)9-16(21)19(23)15(6)20(24)25-17/h8,10,12-13,15,17-19,22-23H,7,9H2,1-6H3/b11-8+,14-10+/t12-,13+,15-,17-,18+,19-/m1/s1. The van der Waals surface area contributed by atoms with Gasteiger partial charge in [-0.2, -0.15) is 0 Å². The summed E-state index contributed by atoms with van der Waals surface area (Å²) >= 11 is 0. The number of hydrogen-bond acceptors (Lipinski definition) is 5. The number of esters is 1. The summed E-state index contributed by atoms with van der Waals surface area (Å²) in [6, 6.07) is 0. The van der Waals surface area contributed by atoms with Gasteiger partial charge in [-0.3, -0.25) is 9.59 Å². The summed E-state index contributed by atoms with van der Waals surface area (Å²) < 4.78 is 5.53. The van der Waals surface area contributed by atoms with Crippen LogP contribution in [-0.4, -0.2) is 40.3 Å². The maximum absolute atomic E-state index is 12.3. The van der Waals surface area contributed by atoms with Gasteiger partial charge in [0.1, 0.15) is 12.2 Å². The Labute approximate surface area is 150 Å². The minimum absolute atomic E-state index is 0.0478. The molecule has 0 saturated heterocycles. The lowest BCUT2D eigenvalue weighted by Crippen LogP contribution is -2.37. The number of aliphatic hydroxyl groups is 2. The minimum Gasteiger partial charge on any atom is -0.461 e. The Morgan fingerprint density at radius 3 is 2.20 bits per heavy atom. The number of aliphatic hydroxyl groups excluding tert-OH is 2. The van der Waals surface area contributed by atoms with Crippen LogP contribution in [0.4, 0.5) is 0 Å². The molecule has 1 rings (SSSR count). The summed E-state index contributed by atoms with van der Waals surface area (Å²) in [4.78, 5) is 24.6. The molecular weight excluding hydrogens is 320 g/mol. The molecular formula is C20H32O5. The van der Waals surface area contributed by atoms with Crippen molar-refractivity contribution >= 4 is 11.8 Å². The second-order valence-electron chi connectivity index (χ2n) is 7.35. The smallest absolute Gasteiger partial charge is 0.312 e. The summed E-state index contributed by atoms with van der Waals surface area (Å²) in [7, 11) is 0. The van der Waals surface area contributed by atoms with Gasteiger partial charge in [0.25, 0.3) is 0 Å². The van der Waals surface area contributed by atoms with E-state index in [1.165, 1.54) is 6.92 Å². The highest BCUT2D eigenvalue weighted by Gasteiger charge is 2.32. The predicted octanol–water partition coefficient (Wildman–Crippen LogP) is 2.80. The van der Waals surface area contributed by atoms with Gasteiger partial charge in [-0.25, -0.2) is 0 Å². The molecule has 0 aromatic rings. The van der Waals surface area contributed by atoms with Gasteiger partial charge in [0, 0.05) is 18.3 Å². The van der Waals surface area contributed by atoms with Crippen LogP contribution in [0.1, 0.15) is 54.4 Å². The molecule has 25 heavy (non-hydrogen) atoms. The maximum atomic E-state index is 12.3. The van der Waals surface area contributed by atoms with Gasteiger partial charge in [-0.1, -0.05) is 38.5 Å². The van der Waals surface area contributed by atoms with Crippen LogP contribution in [0.5, 0.6) is 0 Å². The third kappa shape index (κ3) is 5.79. The van der Waals surface area contributed by atoms with Crippen molar-refractivity contribution in [2.75, 3.05) is 0 Å². The van der Waals surface area contributed by atoms with Crippen LogP contribution in [-0.2, 0) is 14.3 Å². The highest BCUT2D eigenvalue weighted by atomic mass is 16.5. The van der Waals surface area contributed by atoms with Gasteiger partial charge in [-0.15, -0.1) is 0 Å². The number of cyclic esters (lactones) is 1. The van der Waals surface area contributed by atoms with Crippen molar-refractivity contribution < 1.29 is 24.5 Å². The second-order valence-corrected chi connectivity index (χ2v) is 7.35. The normalized spacial score (nSPS) is 40.3. The fraction of sp³-hybridized carbons (Fsp3) is 0.700. The number of ether oxygens (including phenoxy) is 1. The number of rotatable bonds is 1. The molecule has 0 fully saturated rings. The first-order chi connectivity index (χ1) is 11.6. The average Bonchev–Trinajstić information content (AvgIpc) is 2.55. The highest BCUT2D eigenvalue weighted by Crippen LogP contribution is 2.23. The lowest BCUT2D eigenvalue weighted by molar-refractivity contribution is -0.161. The molecule has 0 amide bonds. The van der Waals surface area contributed by atoms with E-state index in [0.717, 1.165) is 11.1 Å². The van der Waals surface area contributed by atoms with E-state index in [9.17, 15) is 19.8 Å². The number of carbonyl (C=O) groups excluding carboxylic acids is 2. The number of carbonyl (C=O) groups is 2. The van der Waals surface area contributed by atoms with Gasteiger partial charge in [0.05, 0.1) is 12.0 Å². The first kappa shape index (κ1) is 21.6. The third-order valence-electron chi connectivity index (χ3n) is 4.92. The van der Waals surface area contributed by atoms with E-state index in [1.54, 1.807) is 6.92 Å². The molecule has 0 bridgehead atoms. The Hall–Kier alpha value is -1.46. The summed E-state index contributed by atoms with van der Waals surface area (Å²) in [5, 5.41) is 20.7. The van der Waals surface area contributed by atoms with Crippen LogP contribution in [0.15, 0.2) is 23.3 Å². The van der Waals surface area contributed by atoms with Crippen molar-refractivity contribution in [3.63, 3.8) is 0 Å². The van der Waals surface area contributed by atoms with Crippen molar-refractivity contribution in [2.24, 2.45) is 17.8 Å². The number of Topliss-reactive ketones (excluding diaryl/α,β-unsaturated/α-hetero) is 1. The topological polar surface area (TPSA) is 83.8 Å². The molecule has 1 aliphatic heterocycles. The molecule has 5 heteroatoms. The molecule has 0 spiro atoms. The first-order valence-corrected chi connectivity index (χ1v) is 9.03. The van der Waals surface area contributed by atoms with Gasteiger partial charge in [0.15, 0.2) is 5.78 Å².